The zero-order valence-corrected chi connectivity index (χ0v) is 11.8. The first-order valence-electron chi connectivity index (χ1n) is 6.77. The third-order valence-electron chi connectivity index (χ3n) is 3.85. The second kappa shape index (κ2) is 4.76. The van der Waals surface area contributed by atoms with E-state index in [4.69, 9.17) is 0 Å². The van der Waals surface area contributed by atoms with E-state index >= 15 is 0 Å². The van der Waals surface area contributed by atoms with Gasteiger partial charge in [-0.2, -0.15) is 0 Å². The van der Waals surface area contributed by atoms with Gasteiger partial charge in [-0.1, -0.05) is 0 Å². The fourth-order valence-corrected chi connectivity index (χ4v) is 4.06. The fourth-order valence-electron chi connectivity index (χ4n) is 2.53. The van der Waals surface area contributed by atoms with Gasteiger partial charge >= 0.3 is 0 Å². The Morgan fingerprint density at radius 1 is 1.26 bits per heavy atom. The summed E-state index contributed by atoms with van der Waals surface area (Å²) in [5.41, 5.74) is 0. The normalized spacial score (nSPS) is 19.7. The van der Waals surface area contributed by atoms with Crippen LogP contribution in [0, 0.1) is 11.8 Å². The maximum atomic E-state index is 12.5. The Morgan fingerprint density at radius 2 is 1.89 bits per heavy atom. The second-order valence-corrected chi connectivity index (χ2v) is 7.10. The van der Waals surface area contributed by atoms with E-state index in [1.165, 1.54) is 0 Å². The number of rotatable bonds is 6. The van der Waals surface area contributed by atoms with Crippen molar-refractivity contribution in [2.24, 2.45) is 11.8 Å². The standard InChI is InChI=1S/C13H19N3O2S/c1-14-13-11(3-2-8-15-13)19(17,18)16-12(9-4-5-9)10-6-7-10/h2-3,8-10,12,16H,4-7H2,1H3,(H,14,15). The molecular formula is C13H19N3O2S. The van der Waals surface area contributed by atoms with E-state index in [9.17, 15) is 8.42 Å². The van der Waals surface area contributed by atoms with E-state index in [1.54, 1.807) is 25.4 Å². The molecule has 0 unspecified atom stereocenters. The molecule has 0 aromatic carbocycles. The highest BCUT2D eigenvalue weighted by molar-refractivity contribution is 7.89. The quantitative estimate of drug-likeness (QED) is 0.830. The summed E-state index contributed by atoms with van der Waals surface area (Å²) in [4.78, 5) is 4.30. The topological polar surface area (TPSA) is 71.1 Å². The number of hydrogen-bond acceptors (Lipinski definition) is 4. The van der Waals surface area contributed by atoms with E-state index in [2.05, 4.69) is 15.0 Å². The molecule has 0 spiro atoms. The van der Waals surface area contributed by atoms with Crippen LogP contribution >= 0.6 is 0 Å². The number of hydrogen-bond donors (Lipinski definition) is 2. The Morgan fingerprint density at radius 3 is 2.42 bits per heavy atom. The minimum Gasteiger partial charge on any atom is -0.372 e. The van der Waals surface area contributed by atoms with Crippen molar-refractivity contribution in [3.05, 3.63) is 18.3 Å². The lowest BCUT2D eigenvalue weighted by Crippen LogP contribution is -2.38. The summed E-state index contributed by atoms with van der Waals surface area (Å²) in [5, 5.41) is 2.83. The molecule has 0 aliphatic heterocycles. The van der Waals surface area contributed by atoms with Crippen LogP contribution in [-0.2, 0) is 10.0 Å². The molecule has 1 aromatic heterocycles. The molecule has 0 atom stereocenters. The summed E-state index contributed by atoms with van der Waals surface area (Å²) in [6.07, 6.45) is 6.18. The first-order valence-corrected chi connectivity index (χ1v) is 8.25. The van der Waals surface area contributed by atoms with E-state index in [-0.39, 0.29) is 10.9 Å². The van der Waals surface area contributed by atoms with Crippen molar-refractivity contribution >= 4 is 15.8 Å². The van der Waals surface area contributed by atoms with E-state index in [1.807, 2.05) is 0 Å². The molecule has 2 aliphatic rings. The van der Waals surface area contributed by atoms with Gasteiger partial charge in [0.1, 0.15) is 10.7 Å². The molecular weight excluding hydrogens is 262 g/mol. The van der Waals surface area contributed by atoms with Gasteiger partial charge in [0.05, 0.1) is 0 Å². The van der Waals surface area contributed by atoms with Gasteiger partial charge in [-0.3, -0.25) is 0 Å². The number of nitrogens with one attached hydrogen (secondary N) is 2. The lowest BCUT2D eigenvalue weighted by atomic mass is 10.1. The Bertz CT molecular complexity index is 553. The van der Waals surface area contributed by atoms with Gasteiger partial charge in [0.2, 0.25) is 10.0 Å². The monoisotopic (exact) mass is 281 g/mol. The molecule has 0 bridgehead atoms. The van der Waals surface area contributed by atoms with Crippen LogP contribution in [0.1, 0.15) is 25.7 Å². The zero-order valence-electron chi connectivity index (χ0n) is 11.0. The second-order valence-electron chi connectivity index (χ2n) is 5.42. The minimum atomic E-state index is -3.49. The number of pyridine rings is 1. The molecule has 0 radical (unpaired) electrons. The van der Waals surface area contributed by atoms with Gasteiger partial charge < -0.3 is 5.32 Å². The Balaban J connectivity index is 1.85. The van der Waals surface area contributed by atoms with Crippen molar-refractivity contribution in [3.63, 3.8) is 0 Å². The summed E-state index contributed by atoms with van der Waals surface area (Å²) in [5.74, 6) is 1.48. The molecule has 1 aromatic rings. The molecule has 104 valence electrons. The van der Waals surface area contributed by atoms with Crippen molar-refractivity contribution in [1.82, 2.24) is 9.71 Å². The van der Waals surface area contributed by atoms with Crippen LogP contribution in [-0.4, -0.2) is 26.5 Å². The number of sulfonamides is 1. The zero-order chi connectivity index (χ0) is 13.5. The van der Waals surface area contributed by atoms with Gasteiger partial charge in [0.25, 0.3) is 0 Å². The highest BCUT2D eigenvalue weighted by Crippen LogP contribution is 2.45. The van der Waals surface area contributed by atoms with Crippen LogP contribution < -0.4 is 10.0 Å². The first kappa shape index (κ1) is 12.9. The van der Waals surface area contributed by atoms with Crippen LogP contribution in [0.25, 0.3) is 0 Å². The predicted molar refractivity (Wildman–Crippen MR) is 73.3 cm³/mol. The summed E-state index contributed by atoms with van der Waals surface area (Å²) < 4.78 is 27.9. The molecule has 2 N–H and O–H groups in total. The van der Waals surface area contributed by atoms with Gasteiger partial charge in [-0.05, 0) is 49.7 Å². The highest BCUT2D eigenvalue weighted by Gasteiger charge is 2.43. The first-order chi connectivity index (χ1) is 9.12. The van der Waals surface area contributed by atoms with Crippen molar-refractivity contribution in [2.75, 3.05) is 12.4 Å². The van der Waals surface area contributed by atoms with Gasteiger partial charge in [-0.15, -0.1) is 0 Å². The molecule has 5 nitrogen and oxygen atoms in total. The largest absolute Gasteiger partial charge is 0.372 e. The third kappa shape index (κ3) is 2.74. The van der Waals surface area contributed by atoms with Crippen LogP contribution in [0.5, 0.6) is 0 Å². The van der Waals surface area contributed by atoms with E-state index in [0.29, 0.717) is 17.7 Å². The fraction of sp³-hybridized carbons (Fsp3) is 0.615. The smallest absolute Gasteiger partial charge is 0.244 e. The third-order valence-corrected chi connectivity index (χ3v) is 5.34. The van der Waals surface area contributed by atoms with Gasteiger partial charge in [-0.25, -0.2) is 18.1 Å². The SMILES string of the molecule is CNc1ncccc1S(=O)(=O)NC(C1CC1)C1CC1. The van der Waals surface area contributed by atoms with Crippen molar-refractivity contribution < 1.29 is 8.42 Å². The van der Waals surface area contributed by atoms with Gasteiger partial charge in [0, 0.05) is 19.3 Å². The van der Waals surface area contributed by atoms with Crippen molar-refractivity contribution in [2.45, 2.75) is 36.6 Å². The number of anilines is 1. The molecule has 2 saturated carbocycles. The lowest BCUT2D eigenvalue weighted by Gasteiger charge is -2.18. The molecule has 3 rings (SSSR count). The van der Waals surface area contributed by atoms with Crippen molar-refractivity contribution in [1.29, 1.82) is 0 Å². The number of nitrogens with zero attached hydrogens (tertiary/aromatic N) is 1. The lowest BCUT2D eigenvalue weighted by molar-refractivity contribution is 0.471. The highest BCUT2D eigenvalue weighted by atomic mass is 32.2. The minimum absolute atomic E-state index is 0.120. The van der Waals surface area contributed by atoms with E-state index in [0.717, 1.165) is 25.7 Å². The van der Waals surface area contributed by atoms with Crippen LogP contribution in [0.15, 0.2) is 23.2 Å². The van der Waals surface area contributed by atoms with Crippen LogP contribution in [0.2, 0.25) is 0 Å². The average molecular weight is 281 g/mol. The molecule has 0 saturated heterocycles. The molecule has 1 heterocycles. The Hall–Kier alpha value is -1.14. The molecule has 2 aliphatic carbocycles. The van der Waals surface area contributed by atoms with Crippen LogP contribution in [0.3, 0.4) is 0 Å². The predicted octanol–water partition coefficient (Wildman–Crippen LogP) is 1.59. The maximum absolute atomic E-state index is 12.5. The number of aromatic nitrogens is 1. The Kier molecular flexibility index (Phi) is 3.22. The molecule has 6 heteroatoms. The molecule has 2 fully saturated rings. The van der Waals surface area contributed by atoms with Crippen LogP contribution in [0.4, 0.5) is 5.82 Å². The summed E-state index contributed by atoms with van der Waals surface area (Å²) in [7, 11) is -1.81. The average Bonchev–Trinajstić information content (AvgIpc) is 3.29. The summed E-state index contributed by atoms with van der Waals surface area (Å²) in [6, 6.07) is 3.37. The maximum Gasteiger partial charge on any atom is 0.244 e. The molecule has 19 heavy (non-hydrogen) atoms. The summed E-state index contributed by atoms with van der Waals surface area (Å²) >= 11 is 0. The molecule has 0 amide bonds. The van der Waals surface area contributed by atoms with E-state index < -0.39 is 10.0 Å². The van der Waals surface area contributed by atoms with Gasteiger partial charge in [0.15, 0.2) is 0 Å². The summed E-state index contributed by atoms with van der Waals surface area (Å²) in [6.45, 7) is 0. The van der Waals surface area contributed by atoms with Crippen molar-refractivity contribution in [3.8, 4) is 0 Å². The Labute approximate surface area is 113 Å².